The number of alkyl halides is 2. The van der Waals surface area contributed by atoms with Crippen molar-refractivity contribution in [2.75, 3.05) is 7.11 Å². The molecule has 10 heavy (non-hydrogen) atoms. The van der Waals surface area contributed by atoms with Crippen molar-refractivity contribution >= 4 is 31.9 Å². The first kappa shape index (κ1) is 9.01. The van der Waals surface area contributed by atoms with Crippen LogP contribution in [0.25, 0.3) is 0 Å². The number of hydrogen-bond donors (Lipinski definition) is 0. The predicted octanol–water partition coefficient (Wildman–Crippen LogP) is 2.71. The molecule has 60 valence electrons. The summed E-state index contributed by atoms with van der Waals surface area (Å²) in [5.74, 6) is 0. The van der Waals surface area contributed by atoms with E-state index in [4.69, 9.17) is 4.74 Å². The van der Waals surface area contributed by atoms with Crippen LogP contribution in [0.5, 0.6) is 0 Å². The van der Waals surface area contributed by atoms with Crippen LogP contribution < -0.4 is 0 Å². The van der Waals surface area contributed by atoms with Crippen molar-refractivity contribution in [3.8, 4) is 0 Å². The summed E-state index contributed by atoms with van der Waals surface area (Å²) >= 11 is 7.20. The Morgan fingerprint density at radius 3 is 2.00 bits per heavy atom. The van der Waals surface area contributed by atoms with Gasteiger partial charge in [0.1, 0.15) is 0 Å². The Hall–Kier alpha value is 0.920. The smallest absolute Gasteiger partial charge is 0.0820 e. The van der Waals surface area contributed by atoms with E-state index in [1.165, 1.54) is 19.3 Å². The van der Waals surface area contributed by atoms with Crippen molar-refractivity contribution in [2.24, 2.45) is 0 Å². The Morgan fingerprint density at radius 2 is 1.70 bits per heavy atom. The fourth-order valence-electron chi connectivity index (χ4n) is 1.36. The zero-order valence-corrected chi connectivity index (χ0v) is 9.19. The van der Waals surface area contributed by atoms with Gasteiger partial charge in [0, 0.05) is 16.8 Å². The summed E-state index contributed by atoms with van der Waals surface area (Å²) in [5, 5.41) is 0. The maximum Gasteiger partial charge on any atom is 0.0820 e. The maximum atomic E-state index is 5.32. The first-order valence-corrected chi connectivity index (χ1v) is 5.39. The zero-order valence-electron chi connectivity index (χ0n) is 6.02. The summed E-state index contributed by atoms with van der Waals surface area (Å²) in [7, 11) is 1.78. The van der Waals surface area contributed by atoms with Crippen LogP contribution in [0.3, 0.4) is 0 Å². The molecule has 1 nitrogen and oxygen atoms in total. The molecule has 2 unspecified atom stereocenters. The van der Waals surface area contributed by atoms with Crippen LogP contribution >= 0.6 is 31.9 Å². The van der Waals surface area contributed by atoms with Gasteiger partial charge in [0.25, 0.3) is 0 Å². The summed E-state index contributed by atoms with van der Waals surface area (Å²) < 4.78 is 5.32. The van der Waals surface area contributed by atoms with Gasteiger partial charge in [0.05, 0.1) is 6.10 Å². The number of ether oxygens (including phenoxy) is 1. The van der Waals surface area contributed by atoms with Gasteiger partial charge in [-0.1, -0.05) is 38.3 Å². The molecule has 0 aromatic rings. The monoisotopic (exact) mass is 270 g/mol. The van der Waals surface area contributed by atoms with Crippen LogP contribution in [0.1, 0.15) is 19.3 Å². The van der Waals surface area contributed by atoms with Crippen LogP contribution in [0, 0.1) is 0 Å². The highest BCUT2D eigenvalue weighted by atomic mass is 79.9. The van der Waals surface area contributed by atoms with Crippen LogP contribution in [0.4, 0.5) is 0 Å². The van der Waals surface area contributed by atoms with E-state index >= 15 is 0 Å². The van der Waals surface area contributed by atoms with Gasteiger partial charge in [-0.05, 0) is 12.8 Å². The lowest BCUT2D eigenvalue weighted by Crippen LogP contribution is -2.35. The second kappa shape index (κ2) is 4.07. The molecule has 0 aromatic carbocycles. The van der Waals surface area contributed by atoms with Gasteiger partial charge in [-0.15, -0.1) is 0 Å². The molecule has 0 aliphatic heterocycles. The first-order chi connectivity index (χ1) is 4.75. The molecule has 1 aliphatic rings. The van der Waals surface area contributed by atoms with Crippen molar-refractivity contribution in [1.82, 2.24) is 0 Å². The third-order valence-electron chi connectivity index (χ3n) is 1.94. The third kappa shape index (κ3) is 1.95. The summed E-state index contributed by atoms with van der Waals surface area (Å²) in [4.78, 5) is 1.08. The quantitative estimate of drug-likeness (QED) is 0.667. The lowest BCUT2D eigenvalue weighted by Gasteiger charge is -2.30. The molecule has 0 saturated heterocycles. The molecule has 1 aliphatic carbocycles. The van der Waals surface area contributed by atoms with Crippen molar-refractivity contribution in [3.05, 3.63) is 0 Å². The number of methoxy groups -OCH3 is 1. The Kier molecular flexibility index (Phi) is 3.67. The number of hydrogen-bond acceptors (Lipinski definition) is 1. The molecule has 1 saturated carbocycles. The summed E-state index contributed by atoms with van der Waals surface area (Å²) in [6.45, 7) is 0. The highest BCUT2D eigenvalue weighted by molar-refractivity contribution is 9.10. The predicted molar refractivity (Wildman–Crippen MR) is 50.1 cm³/mol. The van der Waals surface area contributed by atoms with E-state index in [1.807, 2.05) is 0 Å². The third-order valence-corrected chi connectivity index (χ3v) is 3.90. The molecule has 0 spiro atoms. The molecule has 0 bridgehead atoms. The fraction of sp³-hybridized carbons (Fsp3) is 1.00. The van der Waals surface area contributed by atoms with E-state index in [9.17, 15) is 0 Å². The van der Waals surface area contributed by atoms with Crippen LogP contribution in [-0.2, 0) is 4.74 Å². The lowest BCUT2D eigenvalue weighted by atomic mass is 9.97. The minimum absolute atomic E-state index is 0.355. The Morgan fingerprint density at radius 1 is 1.20 bits per heavy atom. The molecule has 0 amide bonds. The topological polar surface area (TPSA) is 9.23 Å². The Labute approximate surface area is 78.8 Å². The summed E-state index contributed by atoms with van der Waals surface area (Å²) in [6, 6.07) is 0. The lowest BCUT2D eigenvalue weighted by molar-refractivity contribution is 0.0850. The van der Waals surface area contributed by atoms with E-state index in [-0.39, 0.29) is 0 Å². The molecule has 1 rings (SSSR count). The van der Waals surface area contributed by atoms with Gasteiger partial charge >= 0.3 is 0 Å². The maximum absolute atomic E-state index is 5.32. The van der Waals surface area contributed by atoms with E-state index in [0.29, 0.717) is 15.8 Å². The molecule has 3 heteroatoms. The van der Waals surface area contributed by atoms with Crippen LogP contribution in [0.15, 0.2) is 0 Å². The Balaban J connectivity index is 2.45. The van der Waals surface area contributed by atoms with E-state index in [1.54, 1.807) is 7.11 Å². The number of halogens is 2. The molecule has 0 heterocycles. The molecular weight excluding hydrogens is 260 g/mol. The van der Waals surface area contributed by atoms with Gasteiger partial charge in [0.15, 0.2) is 0 Å². The molecule has 1 fully saturated rings. The highest BCUT2D eigenvalue weighted by Gasteiger charge is 2.29. The molecule has 0 radical (unpaired) electrons. The SMILES string of the molecule is COC1C(Br)CCCC1Br. The molecule has 2 atom stereocenters. The van der Waals surface area contributed by atoms with Crippen molar-refractivity contribution in [1.29, 1.82) is 0 Å². The summed E-state index contributed by atoms with van der Waals surface area (Å²) in [5.41, 5.74) is 0. The van der Waals surface area contributed by atoms with Gasteiger partial charge in [-0.3, -0.25) is 0 Å². The van der Waals surface area contributed by atoms with Crippen molar-refractivity contribution in [2.45, 2.75) is 35.0 Å². The van der Waals surface area contributed by atoms with E-state index in [0.717, 1.165) is 0 Å². The molecule has 0 aromatic heterocycles. The molecule has 0 N–H and O–H groups in total. The van der Waals surface area contributed by atoms with E-state index < -0.39 is 0 Å². The highest BCUT2D eigenvalue weighted by Crippen LogP contribution is 2.31. The standard InChI is InChI=1S/C7H12Br2O/c1-10-7-5(8)3-2-4-6(7)9/h5-7H,2-4H2,1H3. The van der Waals surface area contributed by atoms with Gasteiger partial charge in [-0.25, -0.2) is 0 Å². The second-order valence-corrected chi connectivity index (χ2v) is 5.02. The number of rotatable bonds is 1. The van der Waals surface area contributed by atoms with Gasteiger partial charge in [0.2, 0.25) is 0 Å². The van der Waals surface area contributed by atoms with Crippen molar-refractivity contribution in [3.63, 3.8) is 0 Å². The second-order valence-electron chi connectivity index (χ2n) is 2.66. The normalized spacial score (nSPS) is 41.7. The van der Waals surface area contributed by atoms with Gasteiger partial charge < -0.3 is 4.74 Å². The first-order valence-electron chi connectivity index (χ1n) is 3.56. The fourth-order valence-corrected chi connectivity index (χ4v) is 3.58. The zero-order chi connectivity index (χ0) is 7.56. The van der Waals surface area contributed by atoms with Gasteiger partial charge in [-0.2, -0.15) is 0 Å². The molecular formula is C7H12Br2O. The van der Waals surface area contributed by atoms with Crippen molar-refractivity contribution < 1.29 is 4.74 Å². The average Bonchev–Trinajstić information content (AvgIpc) is 1.88. The summed E-state index contributed by atoms with van der Waals surface area (Å²) in [6.07, 6.45) is 4.13. The Bertz CT molecular complexity index is 97.8. The minimum atomic E-state index is 0.355. The van der Waals surface area contributed by atoms with Crippen LogP contribution in [0.2, 0.25) is 0 Å². The average molecular weight is 272 g/mol. The van der Waals surface area contributed by atoms with E-state index in [2.05, 4.69) is 31.9 Å². The largest absolute Gasteiger partial charge is 0.379 e. The van der Waals surface area contributed by atoms with Crippen LogP contribution in [-0.4, -0.2) is 22.9 Å². The minimum Gasteiger partial charge on any atom is -0.379 e.